The molecular formula is C15H31BN2O4. The Labute approximate surface area is 133 Å². The number of hydrogen-bond acceptors (Lipinski definition) is 5. The van der Waals surface area contributed by atoms with Crippen LogP contribution in [0.1, 0.15) is 45.4 Å². The number of nitrogens with zero attached hydrogens (tertiary/aromatic N) is 1. The van der Waals surface area contributed by atoms with E-state index >= 15 is 0 Å². The minimum atomic E-state index is -1.25. The summed E-state index contributed by atoms with van der Waals surface area (Å²) < 4.78 is 0. The third-order valence-electron chi connectivity index (χ3n) is 4.76. The number of carboxylic acids is 1. The molecule has 0 aromatic rings. The molecule has 0 aromatic heterocycles. The molecule has 6 nitrogen and oxygen atoms in total. The maximum absolute atomic E-state index is 11.2. The van der Waals surface area contributed by atoms with Crippen molar-refractivity contribution >= 4 is 13.1 Å². The Bertz CT molecular complexity index is 325. The minimum absolute atomic E-state index is 0.0143. The lowest BCUT2D eigenvalue weighted by molar-refractivity contribution is -0.140. The van der Waals surface area contributed by atoms with Crippen LogP contribution in [0.3, 0.4) is 0 Å². The van der Waals surface area contributed by atoms with E-state index < -0.39 is 19.1 Å². The Hall–Kier alpha value is -0.625. The molecule has 0 saturated carbocycles. The standard InChI is InChI=1S/C15H31BN2O4/c1-12(6-8-16(21)22)4-5-13(14(17)15(19)20)7-11-18-9-2-3-10-18/h12-14,21-22H,2-11,17H2,1H3,(H,19,20). The maximum Gasteiger partial charge on any atom is 0.451 e. The first kappa shape index (κ1) is 19.4. The molecule has 0 spiro atoms. The normalized spacial score (nSPS) is 19.8. The van der Waals surface area contributed by atoms with E-state index in [0.29, 0.717) is 12.2 Å². The Morgan fingerprint density at radius 2 is 1.82 bits per heavy atom. The fraction of sp³-hybridized carbons (Fsp3) is 0.933. The average molecular weight is 314 g/mol. The Balaban J connectivity index is 2.38. The largest absolute Gasteiger partial charge is 0.480 e. The first-order valence-corrected chi connectivity index (χ1v) is 8.47. The van der Waals surface area contributed by atoms with Gasteiger partial charge in [-0.1, -0.05) is 19.8 Å². The molecule has 1 fully saturated rings. The zero-order valence-electron chi connectivity index (χ0n) is 13.7. The molecule has 1 rings (SSSR count). The molecule has 1 aliphatic rings. The number of aliphatic carboxylic acids is 1. The quantitative estimate of drug-likeness (QED) is 0.420. The molecule has 0 aromatic carbocycles. The molecular weight excluding hydrogens is 283 g/mol. The van der Waals surface area contributed by atoms with Crippen molar-refractivity contribution in [1.82, 2.24) is 4.90 Å². The molecule has 7 heteroatoms. The molecule has 0 bridgehead atoms. The summed E-state index contributed by atoms with van der Waals surface area (Å²) in [4.78, 5) is 13.6. The van der Waals surface area contributed by atoms with Crippen LogP contribution in [0.15, 0.2) is 0 Å². The smallest absolute Gasteiger partial charge is 0.451 e. The van der Waals surface area contributed by atoms with Crippen molar-refractivity contribution in [3.05, 3.63) is 0 Å². The van der Waals surface area contributed by atoms with E-state index in [1.807, 2.05) is 0 Å². The van der Waals surface area contributed by atoms with Crippen molar-refractivity contribution in [2.45, 2.75) is 57.8 Å². The van der Waals surface area contributed by atoms with Crippen molar-refractivity contribution in [3.63, 3.8) is 0 Å². The van der Waals surface area contributed by atoms with Gasteiger partial charge in [0.05, 0.1) is 0 Å². The monoisotopic (exact) mass is 314 g/mol. The van der Waals surface area contributed by atoms with Gasteiger partial charge >= 0.3 is 13.1 Å². The number of carbonyl (C=O) groups is 1. The van der Waals surface area contributed by atoms with Crippen LogP contribution < -0.4 is 5.73 Å². The number of nitrogens with two attached hydrogens (primary N) is 1. The zero-order chi connectivity index (χ0) is 16.5. The van der Waals surface area contributed by atoms with Crippen molar-refractivity contribution in [2.24, 2.45) is 17.6 Å². The third kappa shape index (κ3) is 7.58. The topological polar surface area (TPSA) is 107 Å². The molecule has 0 radical (unpaired) electrons. The molecule has 3 unspecified atom stereocenters. The number of carboxylic acid groups (broad SMARTS) is 1. The number of likely N-dealkylation sites (tertiary alicyclic amines) is 1. The summed E-state index contributed by atoms with van der Waals surface area (Å²) in [5.41, 5.74) is 5.86. The third-order valence-corrected chi connectivity index (χ3v) is 4.76. The molecule has 3 atom stereocenters. The molecule has 5 N–H and O–H groups in total. The van der Waals surface area contributed by atoms with Gasteiger partial charge in [0.1, 0.15) is 6.04 Å². The van der Waals surface area contributed by atoms with Gasteiger partial charge in [-0.15, -0.1) is 0 Å². The van der Waals surface area contributed by atoms with Crippen molar-refractivity contribution < 1.29 is 19.9 Å². The first-order valence-electron chi connectivity index (χ1n) is 8.47. The molecule has 1 aliphatic heterocycles. The highest BCUT2D eigenvalue weighted by Gasteiger charge is 2.25. The Kier molecular flexibility index (Phi) is 9.01. The van der Waals surface area contributed by atoms with E-state index in [1.165, 1.54) is 12.8 Å². The number of hydrogen-bond donors (Lipinski definition) is 4. The SMILES string of the molecule is CC(CCB(O)O)CCC(CCN1CCCC1)C(N)C(=O)O. The van der Waals surface area contributed by atoms with Crippen LogP contribution in [-0.2, 0) is 4.79 Å². The van der Waals surface area contributed by atoms with Crippen LogP contribution in [0.25, 0.3) is 0 Å². The van der Waals surface area contributed by atoms with Gasteiger partial charge in [0.15, 0.2) is 0 Å². The lowest BCUT2D eigenvalue weighted by Crippen LogP contribution is -2.39. The summed E-state index contributed by atoms with van der Waals surface area (Å²) in [6, 6.07) is -0.807. The fourth-order valence-corrected chi connectivity index (χ4v) is 3.14. The van der Waals surface area contributed by atoms with Gasteiger partial charge in [-0.3, -0.25) is 4.79 Å². The lowest BCUT2D eigenvalue weighted by Gasteiger charge is -2.25. The molecule has 1 heterocycles. The predicted octanol–water partition coefficient (Wildman–Crippen LogP) is 0.780. The van der Waals surface area contributed by atoms with Gasteiger partial charge in [-0.2, -0.15) is 0 Å². The lowest BCUT2D eigenvalue weighted by atomic mass is 9.79. The predicted molar refractivity (Wildman–Crippen MR) is 87.4 cm³/mol. The van der Waals surface area contributed by atoms with Crippen molar-refractivity contribution in [2.75, 3.05) is 19.6 Å². The number of rotatable bonds is 11. The highest BCUT2D eigenvalue weighted by Crippen LogP contribution is 2.23. The molecule has 0 aliphatic carbocycles. The molecule has 1 saturated heterocycles. The van der Waals surface area contributed by atoms with Crippen LogP contribution in [0.2, 0.25) is 6.32 Å². The minimum Gasteiger partial charge on any atom is -0.480 e. The van der Waals surface area contributed by atoms with E-state index in [1.54, 1.807) is 0 Å². The van der Waals surface area contributed by atoms with Gasteiger partial charge in [0.25, 0.3) is 0 Å². The van der Waals surface area contributed by atoms with E-state index in [0.717, 1.165) is 45.3 Å². The van der Waals surface area contributed by atoms with Crippen molar-refractivity contribution in [1.29, 1.82) is 0 Å². The maximum atomic E-state index is 11.2. The molecule has 22 heavy (non-hydrogen) atoms. The Morgan fingerprint density at radius 1 is 1.18 bits per heavy atom. The van der Waals surface area contributed by atoms with Gasteiger partial charge in [0, 0.05) is 0 Å². The van der Waals surface area contributed by atoms with Gasteiger partial charge in [-0.05, 0) is 63.5 Å². The van der Waals surface area contributed by atoms with Crippen LogP contribution in [0, 0.1) is 11.8 Å². The molecule has 128 valence electrons. The second kappa shape index (κ2) is 10.2. The zero-order valence-corrected chi connectivity index (χ0v) is 13.7. The van der Waals surface area contributed by atoms with Crippen LogP contribution >= 0.6 is 0 Å². The highest BCUT2D eigenvalue weighted by molar-refractivity contribution is 6.40. The first-order chi connectivity index (χ1) is 10.4. The van der Waals surface area contributed by atoms with E-state index in [2.05, 4.69) is 11.8 Å². The van der Waals surface area contributed by atoms with Gasteiger partial charge < -0.3 is 25.8 Å². The van der Waals surface area contributed by atoms with E-state index in [4.69, 9.17) is 15.8 Å². The summed E-state index contributed by atoms with van der Waals surface area (Å²) in [6.07, 6.45) is 6.04. The molecule has 0 amide bonds. The van der Waals surface area contributed by atoms with Crippen LogP contribution in [-0.4, -0.2) is 58.8 Å². The van der Waals surface area contributed by atoms with Gasteiger partial charge in [0.2, 0.25) is 0 Å². The Morgan fingerprint density at radius 3 is 2.36 bits per heavy atom. The summed E-state index contributed by atoms with van der Waals surface area (Å²) in [7, 11) is -1.25. The summed E-state index contributed by atoms with van der Waals surface area (Å²) >= 11 is 0. The second-order valence-corrected chi connectivity index (χ2v) is 6.70. The summed E-state index contributed by atoms with van der Waals surface area (Å²) in [5, 5.41) is 27.0. The highest BCUT2D eigenvalue weighted by atomic mass is 16.4. The summed E-state index contributed by atoms with van der Waals surface area (Å²) in [6.45, 7) is 5.21. The second-order valence-electron chi connectivity index (χ2n) is 6.70. The van der Waals surface area contributed by atoms with Crippen LogP contribution in [0.5, 0.6) is 0 Å². The van der Waals surface area contributed by atoms with E-state index in [9.17, 15) is 9.90 Å². The van der Waals surface area contributed by atoms with Crippen LogP contribution in [0.4, 0.5) is 0 Å². The van der Waals surface area contributed by atoms with Crippen molar-refractivity contribution in [3.8, 4) is 0 Å². The summed E-state index contributed by atoms with van der Waals surface area (Å²) in [5.74, 6) is -0.596. The fourth-order valence-electron chi connectivity index (χ4n) is 3.14. The average Bonchev–Trinajstić information content (AvgIpc) is 2.97. The van der Waals surface area contributed by atoms with E-state index in [-0.39, 0.29) is 5.92 Å². The van der Waals surface area contributed by atoms with Gasteiger partial charge in [-0.25, -0.2) is 0 Å².